The van der Waals surface area contributed by atoms with Gasteiger partial charge in [-0.25, -0.2) is 0 Å². The molecule has 1 aromatic rings. The molecule has 0 fully saturated rings. The van der Waals surface area contributed by atoms with Gasteiger partial charge in [-0.05, 0) is 24.6 Å². The number of phenols is 1. The van der Waals surface area contributed by atoms with E-state index in [4.69, 9.17) is 9.47 Å². The number of phenolic OH excluding ortho intramolecular Hbond substituents is 1. The molecule has 0 aliphatic carbocycles. The summed E-state index contributed by atoms with van der Waals surface area (Å²) in [6.45, 7) is 2.42. The lowest BCUT2D eigenvalue weighted by molar-refractivity contribution is 0.123. The third-order valence-electron chi connectivity index (χ3n) is 2.78. The van der Waals surface area contributed by atoms with Gasteiger partial charge in [0.2, 0.25) is 0 Å². The van der Waals surface area contributed by atoms with Crippen LogP contribution in [0.3, 0.4) is 0 Å². The summed E-state index contributed by atoms with van der Waals surface area (Å²) in [5, 5.41) is 22.0. The van der Waals surface area contributed by atoms with Gasteiger partial charge in [-0.1, -0.05) is 6.07 Å². The summed E-state index contributed by atoms with van der Waals surface area (Å²) in [5.41, 5.74) is 0.971. The minimum absolute atomic E-state index is 0.00734. The molecule has 0 radical (unpaired) electrons. The number of aliphatic hydroxyl groups excluding tert-OH is 1. The highest BCUT2D eigenvalue weighted by molar-refractivity contribution is 5.42. The van der Waals surface area contributed by atoms with Crippen molar-refractivity contribution in [3.05, 3.63) is 23.8 Å². The van der Waals surface area contributed by atoms with Crippen molar-refractivity contribution in [3.63, 3.8) is 0 Å². The molecule has 0 amide bonds. The highest BCUT2D eigenvalue weighted by atomic mass is 16.5. The molecule has 0 spiro atoms. The Bertz CT molecular complexity index is 370. The third kappa shape index (κ3) is 3.87. The molecule has 5 nitrogen and oxygen atoms in total. The Balaban J connectivity index is 2.74. The van der Waals surface area contributed by atoms with Gasteiger partial charge < -0.3 is 25.0 Å². The first kappa shape index (κ1) is 14.8. The van der Waals surface area contributed by atoms with E-state index in [2.05, 4.69) is 5.32 Å². The summed E-state index contributed by atoms with van der Waals surface area (Å²) in [5.74, 6) is 0.553. The molecular weight excluding hydrogens is 234 g/mol. The van der Waals surface area contributed by atoms with Gasteiger partial charge in [-0.3, -0.25) is 0 Å². The van der Waals surface area contributed by atoms with E-state index < -0.39 is 0 Å². The average Bonchev–Trinajstić information content (AvgIpc) is 2.38. The van der Waals surface area contributed by atoms with Crippen molar-refractivity contribution in [2.75, 3.05) is 27.4 Å². The molecule has 3 N–H and O–H groups in total. The summed E-state index contributed by atoms with van der Waals surface area (Å²) in [4.78, 5) is 0. The van der Waals surface area contributed by atoms with Crippen molar-refractivity contribution in [3.8, 4) is 11.5 Å². The summed E-state index contributed by atoms with van der Waals surface area (Å²) in [7, 11) is 3.11. The molecule has 102 valence electrons. The number of hydrogen-bond donors (Lipinski definition) is 3. The van der Waals surface area contributed by atoms with Crippen molar-refractivity contribution in [2.45, 2.75) is 19.0 Å². The van der Waals surface area contributed by atoms with Gasteiger partial charge in [-0.2, -0.15) is 0 Å². The minimum atomic E-state index is -0.121. The molecule has 0 bridgehead atoms. The Morgan fingerprint density at radius 2 is 2.06 bits per heavy atom. The van der Waals surface area contributed by atoms with E-state index in [-0.39, 0.29) is 24.4 Å². The van der Waals surface area contributed by atoms with Crippen LogP contribution in [0.15, 0.2) is 18.2 Å². The minimum Gasteiger partial charge on any atom is -0.504 e. The van der Waals surface area contributed by atoms with Crippen molar-refractivity contribution >= 4 is 0 Å². The lowest BCUT2D eigenvalue weighted by Gasteiger charge is -2.21. The fraction of sp³-hybridized carbons (Fsp3) is 0.538. The number of methoxy groups -OCH3 is 2. The Morgan fingerprint density at radius 3 is 2.61 bits per heavy atom. The maximum absolute atomic E-state index is 9.52. The SMILES string of the molecule is COCC(CO)NC(C)c1ccc(O)c(OC)c1. The van der Waals surface area contributed by atoms with Gasteiger partial charge in [0.15, 0.2) is 11.5 Å². The van der Waals surface area contributed by atoms with Crippen LogP contribution in [0.5, 0.6) is 11.5 Å². The van der Waals surface area contributed by atoms with Crippen LogP contribution in [0, 0.1) is 0 Å². The molecule has 2 unspecified atom stereocenters. The fourth-order valence-electron chi connectivity index (χ4n) is 1.77. The molecule has 2 atom stereocenters. The van der Waals surface area contributed by atoms with E-state index >= 15 is 0 Å². The van der Waals surface area contributed by atoms with Crippen LogP contribution in [0.4, 0.5) is 0 Å². The predicted molar refractivity (Wildman–Crippen MR) is 69.0 cm³/mol. The first-order chi connectivity index (χ1) is 8.62. The summed E-state index contributed by atoms with van der Waals surface area (Å²) < 4.78 is 10.1. The van der Waals surface area contributed by atoms with Crippen LogP contribution in [-0.2, 0) is 4.74 Å². The van der Waals surface area contributed by atoms with Gasteiger partial charge in [0.05, 0.1) is 26.4 Å². The summed E-state index contributed by atoms with van der Waals surface area (Å²) in [6, 6.07) is 5.08. The quantitative estimate of drug-likeness (QED) is 0.679. The lowest BCUT2D eigenvalue weighted by atomic mass is 10.1. The van der Waals surface area contributed by atoms with Gasteiger partial charge in [0, 0.05) is 13.2 Å². The van der Waals surface area contributed by atoms with Crippen molar-refractivity contribution in [2.24, 2.45) is 0 Å². The van der Waals surface area contributed by atoms with Crippen molar-refractivity contribution in [1.82, 2.24) is 5.32 Å². The largest absolute Gasteiger partial charge is 0.504 e. The van der Waals surface area contributed by atoms with Gasteiger partial charge in [0.25, 0.3) is 0 Å². The molecule has 0 saturated carbocycles. The number of hydrogen-bond acceptors (Lipinski definition) is 5. The first-order valence-corrected chi connectivity index (χ1v) is 5.85. The second-order valence-electron chi connectivity index (χ2n) is 4.15. The van der Waals surface area contributed by atoms with Gasteiger partial charge in [0.1, 0.15) is 0 Å². The van der Waals surface area contributed by atoms with E-state index in [1.54, 1.807) is 19.2 Å². The summed E-state index contributed by atoms with van der Waals surface area (Å²) >= 11 is 0. The number of aliphatic hydroxyl groups is 1. The monoisotopic (exact) mass is 255 g/mol. The number of nitrogens with one attached hydrogen (secondary N) is 1. The first-order valence-electron chi connectivity index (χ1n) is 5.85. The average molecular weight is 255 g/mol. The lowest BCUT2D eigenvalue weighted by Crippen LogP contribution is -2.38. The van der Waals surface area contributed by atoms with Gasteiger partial charge >= 0.3 is 0 Å². The second kappa shape index (κ2) is 7.20. The summed E-state index contributed by atoms with van der Waals surface area (Å²) in [6.07, 6.45) is 0. The van der Waals surface area contributed by atoms with Crippen LogP contribution in [0.2, 0.25) is 0 Å². The normalized spacial score (nSPS) is 14.2. The zero-order valence-corrected chi connectivity index (χ0v) is 11.0. The van der Waals surface area contributed by atoms with E-state index in [1.807, 2.05) is 13.0 Å². The number of benzene rings is 1. The second-order valence-corrected chi connectivity index (χ2v) is 4.15. The molecule has 0 heterocycles. The van der Waals surface area contributed by atoms with Crippen molar-refractivity contribution < 1.29 is 19.7 Å². The topological polar surface area (TPSA) is 71.0 Å². The van der Waals surface area contributed by atoms with E-state index in [1.165, 1.54) is 7.11 Å². The highest BCUT2D eigenvalue weighted by Gasteiger charge is 2.14. The third-order valence-corrected chi connectivity index (χ3v) is 2.78. The molecule has 0 aromatic heterocycles. The van der Waals surface area contributed by atoms with E-state index in [9.17, 15) is 10.2 Å². The molecule has 0 saturated heterocycles. The molecule has 5 heteroatoms. The predicted octanol–water partition coefficient (Wildman–Crippen LogP) is 1.06. The van der Waals surface area contributed by atoms with Crippen LogP contribution in [0.25, 0.3) is 0 Å². The van der Waals surface area contributed by atoms with E-state index in [0.717, 1.165) is 5.56 Å². The highest BCUT2D eigenvalue weighted by Crippen LogP contribution is 2.28. The molecule has 0 aliphatic rings. The van der Waals surface area contributed by atoms with Gasteiger partial charge in [-0.15, -0.1) is 0 Å². The number of rotatable bonds is 7. The molecule has 18 heavy (non-hydrogen) atoms. The molecule has 1 rings (SSSR count). The Hall–Kier alpha value is -1.30. The molecule has 1 aromatic carbocycles. The van der Waals surface area contributed by atoms with Crippen LogP contribution in [0.1, 0.15) is 18.5 Å². The van der Waals surface area contributed by atoms with Crippen LogP contribution in [-0.4, -0.2) is 43.7 Å². The Kier molecular flexibility index (Phi) is 5.91. The zero-order valence-electron chi connectivity index (χ0n) is 11.0. The van der Waals surface area contributed by atoms with Crippen LogP contribution < -0.4 is 10.1 Å². The molecular formula is C13H21NO4. The maximum atomic E-state index is 9.52. The standard InChI is InChI=1S/C13H21NO4/c1-9(14-11(7-15)8-17-2)10-4-5-12(16)13(6-10)18-3/h4-6,9,11,14-16H,7-8H2,1-3H3. The molecule has 0 aliphatic heterocycles. The Labute approximate surface area is 107 Å². The smallest absolute Gasteiger partial charge is 0.160 e. The van der Waals surface area contributed by atoms with E-state index in [0.29, 0.717) is 12.4 Å². The maximum Gasteiger partial charge on any atom is 0.160 e. The fourth-order valence-corrected chi connectivity index (χ4v) is 1.77. The van der Waals surface area contributed by atoms with Crippen LogP contribution >= 0.6 is 0 Å². The number of aromatic hydroxyl groups is 1. The van der Waals surface area contributed by atoms with Crippen molar-refractivity contribution in [1.29, 1.82) is 0 Å². The zero-order chi connectivity index (χ0) is 13.5. The number of ether oxygens (including phenoxy) is 2. The Morgan fingerprint density at radius 1 is 1.33 bits per heavy atom.